The molecule has 3 aromatic rings. The van der Waals surface area contributed by atoms with E-state index in [0.29, 0.717) is 32.7 Å². The van der Waals surface area contributed by atoms with Crippen LogP contribution in [0.2, 0.25) is 0 Å². The van der Waals surface area contributed by atoms with Crippen molar-refractivity contribution < 1.29 is 22.7 Å². The van der Waals surface area contributed by atoms with E-state index in [2.05, 4.69) is 4.90 Å². The van der Waals surface area contributed by atoms with Crippen LogP contribution in [0.15, 0.2) is 53.9 Å². The van der Waals surface area contributed by atoms with Gasteiger partial charge in [-0.3, -0.25) is 9.69 Å². The summed E-state index contributed by atoms with van der Waals surface area (Å²) in [5, 5.41) is 2.93. The molecule has 0 saturated carbocycles. The van der Waals surface area contributed by atoms with Gasteiger partial charge in [0.15, 0.2) is 0 Å². The average Bonchev–Trinajstić information content (AvgIpc) is 3.27. The van der Waals surface area contributed by atoms with Crippen molar-refractivity contribution >= 4 is 17.2 Å². The number of carbonyl (C=O) groups is 1. The molecule has 4 rings (SSSR count). The van der Waals surface area contributed by atoms with Crippen molar-refractivity contribution in [3.05, 3.63) is 70.7 Å². The largest absolute Gasteiger partial charge is 0.497 e. The summed E-state index contributed by atoms with van der Waals surface area (Å²) in [6.07, 6.45) is -4.56. The number of benzene rings is 2. The van der Waals surface area contributed by atoms with Gasteiger partial charge in [-0.05, 0) is 36.4 Å². The zero-order valence-electron chi connectivity index (χ0n) is 17.4. The summed E-state index contributed by atoms with van der Waals surface area (Å²) in [6, 6.07) is 12.7. The SMILES string of the molecule is COc1ccc(-c2nc(CN3CCN(C(=O)c4ccccc4C(F)(F)F)CC3)cs2)cc1. The maximum absolute atomic E-state index is 13.3. The zero-order chi connectivity index (χ0) is 22.7. The molecular formula is C23H22F3N3O2S. The lowest BCUT2D eigenvalue weighted by atomic mass is 10.1. The van der Waals surface area contributed by atoms with Gasteiger partial charge < -0.3 is 9.64 Å². The van der Waals surface area contributed by atoms with Crippen molar-refractivity contribution in [2.24, 2.45) is 0 Å². The third-order valence-electron chi connectivity index (χ3n) is 5.40. The third-order valence-corrected chi connectivity index (χ3v) is 6.34. The molecule has 1 aliphatic heterocycles. The summed E-state index contributed by atoms with van der Waals surface area (Å²) in [6.45, 7) is 2.54. The highest BCUT2D eigenvalue weighted by molar-refractivity contribution is 7.13. The molecule has 0 radical (unpaired) electrons. The topological polar surface area (TPSA) is 45.7 Å². The van der Waals surface area contributed by atoms with Crippen LogP contribution < -0.4 is 4.74 Å². The summed E-state index contributed by atoms with van der Waals surface area (Å²) < 4.78 is 44.9. The molecular weight excluding hydrogens is 439 g/mol. The second-order valence-electron chi connectivity index (χ2n) is 7.48. The number of hydrogen-bond acceptors (Lipinski definition) is 5. The Morgan fingerprint density at radius 2 is 1.75 bits per heavy atom. The third kappa shape index (κ3) is 4.94. The molecule has 168 valence electrons. The maximum atomic E-state index is 13.3. The fraction of sp³-hybridized carbons (Fsp3) is 0.304. The number of carbonyl (C=O) groups excluding carboxylic acids is 1. The Kier molecular flexibility index (Phi) is 6.48. The molecule has 0 spiro atoms. The van der Waals surface area contributed by atoms with Crippen LogP contribution in [0.5, 0.6) is 5.75 Å². The van der Waals surface area contributed by atoms with E-state index in [9.17, 15) is 18.0 Å². The summed E-state index contributed by atoms with van der Waals surface area (Å²) in [5.41, 5.74) is 0.766. The van der Waals surface area contributed by atoms with E-state index in [4.69, 9.17) is 9.72 Å². The summed E-state index contributed by atoms with van der Waals surface area (Å²) in [5.74, 6) is 0.212. The lowest BCUT2D eigenvalue weighted by Crippen LogP contribution is -2.48. The fourth-order valence-corrected chi connectivity index (χ4v) is 4.49. The van der Waals surface area contributed by atoms with Gasteiger partial charge in [0.05, 0.1) is 23.9 Å². The Hall–Kier alpha value is -2.91. The van der Waals surface area contributed by atoms with Gasteiger partial charge in [0.2, 0.25) is 0 Å². The van der Waals surface area contributed by atoms with Crippen molar-refractivity contribution in [3.63, 3.8) is 0 Å². The molecule has 0 aliphatic carbocycles. The number of hydrogen-bond donors (Lipinski definition) is 0. The van der Waals surface area contributed by atoms with E-state index < -0.39 is 17.6 Å². The first-order chi connectivity index (χ1) is 15.3. The molecule has 1 aromatic heterocycles. The molecule has 0 N–H and O–H groups in total. The predicted octanol–water partition coefficient (Wildman–Crippen LogP) is 4.80. The number of thiazole rings is 1. The van der Waals surface area contributed by atoms with Crippen molar-refractivity contribution in [1.82, 2.24) is 14.8 Å². The fourth-order valence-electron chi connectivity index (χ4n) is 3.67. The first-order valence-electron chi connectivity index (χ1n) is 10.1. The second kappa shape index (κ2) is 9.30. The lowest BCUT2D eigenvalue weighted by Gasteiger charge is -2.34. The highest BCUT2D eigenvalue weighted by Crippen LogP contribution is 2.32. The molecule has 1 aliphatic rings. The Morgan fingerprint density at radius 1 is 1.06 bits per heavy atom. The quantitative estimate of drug-likeness (QED) is 0.548. The van der Waals surface area contributed by atoms with Crippen LogP contribution in [0.1, 0.15) is 21.6 Å². The first kappa shape index (κ1) is 22.3. The number of nitrogens with zero attached hydrogens (tertiary/aromatic N) is 3. The summed E-state index contributed by atoms with van der Waals surface area (Å²) in [7, 11) is 1.62. The Morgan fingerprint density at radius 3 is 2.41 bits per heavy atom. The molecule has 5 nitrogen and oxygen atoms in total. The number of ether oxygens (including phenoxy) is 1. The number of aromatic nitrogens is 1. The van der Waals surface area contributed by atoms with Crippen LogP contribution in [0.4, 0.5) is 13.2 Å². The van der Waals surface area contributed by atoms with Crippen LogP contribution >= 0.6 is 11.3 Å². The van der Waals surface area contributed by atoms with Gasteiger partial charge >= 0.3 is 6.18 Å². The van der Waals surface area contributed by atoms with E-state index in [0.717, 1.165) is 28.1 Å². The summed E-state index contributed by atoms with van der Waals surface area (Å²) in [4.78, 5) is 21.1. The van der Waals surface area contributed by atoms with Gasteiger partial charge in [-0.25, -0.2) is 4.98 Å². The molecule has 1 amide bonds. The van der Waals surface area contributed by atoms with Crippen molar-refractivity contribution in [1.29, 1.82) is 0 Å². The highest BCUT2D eigenvalue weighted by Gasteiger charge is 2.36. The van der Waals surface area contributed by atoms with Gasteiger partial charge in [-0.1, -0.05) is 12.1 Å². The van der Waals surface area contributed by atoms with Crippen molar-refractivity contribution in [2.75, 3.05) is 33.3 Å². The molecule has 1 fully saturated rings. The van der Waals surface area contributed by atoms with Gasteiger partial charge in [-0.15, -0.1) is 11.3 Å². The van der Waals surface area contributed by atoms with Crippen LogP contribution in [-0.4, -0.2) is 54.0 Å². The molecule has 0 unspecified atom stereocenters. The smallest absolute Gasteiger partial charge is 0.417 e. The zero-order valence-corrected chi connectivity index (χ0v) is 18.2. The first-order valence-corrected chi connectivity index (χ1v) is 11.0. The molecule has 0 atom stereocenters. The van der Waals surface area contributed by atoms with Crippen LogP contribution in [-0.2, 0) is 12.7 Å². The molecule has 2 heterocycles. The van der Waals surface area contributed by atoms with E-state index in [-0.39, 0.29) is 5.56 Å². The van der Waals surface area contributed by atoms with Gasteiger partial charge in [0.1, 0.15) is 10.8 Å². The van der Waals surface area contributed by atoms with Crippen molar-refractivity contribution in [3.8, 4) is 16.3 Å². The molecule has 32 heavy (non-hydrogen) atoms. The molecule has 0 bridgehead atoms. The maximum Gasteiger partial charge on any atom is 0.417 e. The predicted molar refractivity (Wildman–Crippen MR) is 117 cm³/mol. The van der Waals surface area contributed by atoms with Crippen LogP contribution in [0, 0.1) is 0 Å². The molecule has 2 aromatic carbocycles. The normalized spacial score (nSPS) is 15.1. The van der Waals surface area contributed by atoms with E-state index in [1.165, 1.54) is 23.1 Å². The van der Waals surface area contributed by atoms with Crippen LogP contribution in [0.3, 0.4) is 0 Å². The number of amides is 1. The summed E-state index contributed by atoms with van der Waals surface area (Å²) >= 11 is 1.56. The van der Waals surface area contributed by atoms with Crippen LogP contribution in [0.25, 0.3) is 10.6 Å². The molecule has 9 heteroatoms. The van der Waals surface area contributed by atoms with Gasteiger partial charge in [0.25, 0.3) is 5.91 Å². The minimum Gasteiger partial charge on any atom is -0.497 e. The highest BCUT2D eigenvalue weighted by atomic mass is 32.1. The number of piperazine rings is 1. The van der Waals surface area contributed by atoms with E-state index >= 15 is 0 Å². The number of rotatable bonds is 5. The van der Waals surface area contributed by atoms with E-state index in [1.807, 2.05) is 29.6 Å². The Labute approximate surface area is 188 Å². The number of halogens is 3. The lowest BCUT2D eigenvalue weighted by molar-refractivity contribution is -0.138. The second-order valence-corrected chi connectivity index (χ2v) is 8.34. The number of alkyl halides is 3. The van der Waals surface area contributed by atoms with Crippen molar-refractivity contribution in [2.45, 2.75) is 12.7 Å². The minimum atomic E-state index is -4.56. The van der Waals surface area contributed by atoms with Gasteiger partial charge in [-0.2, -0.15) is 13.2 Å². The molecule has 1 saturated heterocycles. The average molecular weight is 462 g/mol. The van der Waals surface area contributed by atoms with E-state index in [1.54, 1.807) is 18.4 Å². The standard InChI is InChI=1S/C23H22F3N3O2S/c1-31-18-8-6-16(7-9-18)21-27-17(15-32-21)14-28-10-12-29(13-11-28)22(30)19-4-2-3-5-20(19)23(24,25)26/h2-9,15H,10-14H2,1H3. The number of methoxy groups -OCH3 is 1. The monoisotopic (exact) mass is 461 g/mol. The Bertz CT molecular complexity index is 1070. The van der Waals surface area contributed by atoms with Gasteiger partial charge in [0, 0.05) is 43.7 Å². The minimum absolute atomic E-state index is 0.294. The Balaban J connectivity index is 1.36.